The molecule has 1 unspecified atom stereocenters. The van der Waals surface area contributed by atoms with Crippen molar-refractivity contribution in [3.05, 3.63) is 81.5 Å². The van der Waals surface area contributed by atoms with Gasteiger partial charge in [-0.1, -0.05) is 41.4 Å². The van der Waals surface area contributed by atoms with Gasteiger partial charge in [-0.25, -0.2) is 4.98 Å². The van der Waals surface area contributed by atoms with Gasteiger partial charge in [0.15, 0.2) is 12.1 Å². The Hall–Kier alpha value is -4.25. The maximum Gasteiger partial charge on any atom is 0.291 e. The molecule has 1 saturated heterocycles. The van der Waals surface area contributed by atoms with Crippen LogP contribution in [0.25, 0.3) is 22.4 Å². The molecule has 2 amide bonds. The molecule has 2 aliphatic rings. The number of carbonyl (C=O) groups is 3. The molecular formula is C32H30Cl2N6O4. The van der Waals surface area contributed by atoms with Crippen LogP contribution < -0.4 is 15.4 Å². The Morgan fingerprint density at radius 3 is 2.73 bits per heavy atom. The molecule has 6 rings (SSSR count). The van der Waals surface area contributed by atoms with E-state index >= 15 is 0 Å². The van der Waals surface area contributed by atoms with E-state index < -0.39 is 0 Å². The molecule has 0 saturated carbocycles. The van der Waals surface area contributed by atoms with Gasteiger partial charge in [0.25, 0.3) is 5.91 Å². The van der Waals surface area contributed by atoms with Gasteiger partial charge >= 0.3 is 0 Å². The van der Waals surface area contributed by atoms with Crippen LogP contribution in [-0.2, 0) is 24.8 Å². The first kappa shape index (κ1) is 29.8. The zero-order valence-electron chi connectivity index (χ0n) is 24.2. The van der Waals surface area contributed by atoms with E-state index in [1.54, 1.807) is 42.6 Å². The Kier molecular flexibility index (Phi) is 8.40. The van der Waals surface area contributed by atoms with Crippen molar-refractivity contribution in [3.8, 4) is 28.1 Å². The number of imidazole rings is 1. The van der Waals surface area contributed by atoms with Crippen LogP contribution in [0.1, 0.15) is 45.2 Å². The minimum absolute atomic E-state index is 0.102. The number of aromatic nitrogens is 3. The molecule has 0 aliphatic carbocycles. The second-order valence-electron chi connectivity index (χ2n) is 10.9. The van der Waals surface area contributed by atoms with Crippen LogP contribution in [0.2, 0.25) is 10.0 Å². The number of pyridine rings is 1. The van der Waals surface area contributed by atoms with E-state index in [0.717, 1.165) is 43.6 Å². The first-order chi connectivity index (χ1) is 21.3. The first-order valence-corrected chi connectivity index (χ1v) is 15.0. The second-order valence-corrected chi connectivity index (χ2v) is 11.6. The summed E-state index contributed by atoms with van der Waals surface area (Å²) in [6.07, 6.45) is 4.52. The number of halogens is 2. The summed E-state index contributed by atoms with van der Waals surface area (Å²) in [7, 11) is 3.34. The summed E-state index contributed by atoms with van der Waals surface area (Å²) in [4.78, 5) is 47.9. The standard InChI is InChI=1S/C32H30Cl2N6O4/c1-39-25-11-13-40(15-20-8-9-27(42)36-20)16-24(25)37-31(39)32(43)38-23-5-3-4-21(28(23)33)22-10-12-35-30(29(22)34)18-6-7-19(17-41)26(14-18)44-2/h3-7,10,12,14,17,20H,8-9,11,13,15-16H2,1-2H3,(H,36,42)(H,38,43). The SMILES string of the molecule is COc1cc(-c2nccc(-c3cccc(NC(=O)c4nc5c(n4C)CCN(CC4CCC(=O)N4)C5)c3Cl)c2Cl)ccc1C=O. The quantitative estimate of drug-likeness (QED) is 0.257. The highest BCUT2D eigenvalue weighted by molar-refractivity contribution is 6.39. The predicted molar refractivity (Wildman–Crippen MR) is 168 cm³/mol. The lowest BCUT2D eigenvalue weighted by atomic mass is 10.0. The van der Waals surface area contributed by atoms with Gasteiger partial charge in [0.05, 0.1) is 39.8 Å². The van der Waals surface area contributed by atoms with Crippen molar-refractivity contribution in [2.24, 2.45) is 7.05 Å². The van der Waals surface area contributed by atoms with E-state index in [-0.39, 0.29) is 17.9 Å². The average molecular weight is 634 g/mol. The monoisotopic (exact) mass is 632 g/mol. The molecule has 2 aromatic carbocycles. The molecule has 4 heterocycles. The Bertz CT molecular complexity index is 1790. The third-order valence-electron chi connectivity index (χ3n) is 8.16. The number of fused-ring (bicyclic) bond motifs is 1. The minimum atomic E-state index is -0.376. The number of hydrogen-bond donors (Lipinski definition) is 2. The zero-order valence-corrected chi connectivity index (χ0v) is 25.7. The molecule has 226 valence electrons. The van der Waals surface area contributed by atoms with Crippen LogP contribution in [0.5, 0.6) is 5.75 Å². The van der Waals surface area contributed by atoms with Crippen molar-refractivity contribution < 1.29 is 19.1 Å². The minimum Gasteiger partial charge on any atom is -0.496 e. The van der Waals surface area contributed by atoms with Gasteiger partial charge in [-0.2, -0.15) is 0 Å². The highest BCUT2D eigenvalue weighted by atomic mass is 35.5. The number of methoxy groups -OCH3 is 1. The van der Waals surface area contributed by atoms with Crippen LogP contribution in [0.15, 0.2) is 48.7 Å². The molecule has 44 heavy (non-hydrogen) atoms. The summed E-state index contributed by atoms with van der Waals surface area (Å²) >= 11 is 13.7. The smallest absolute Gasteiger partial charge is 0.291 e. The van der Waals surface area contributed by atoms with E-state index in [4.69, 9.17) is 32.9 Å². The molecule has 2 N–H and O–H groups in total. The van der Waals surface area contributed by atoms with Gasteiger partial charge in [0.1, 0.15) is 5.75 Å². The third-order valence-corrected chi connectivity index (χ3v) is 8.95. The number of nitrogens with zero attached hydrogens (tertiary/aromatic N) is 4. The Labute approximate surface area is 264 Å². The zero-order chi connectivity index (χ0) is 31.0. The molecule has 12 heteroatoms. The normalized spacial score (nSPS) is 16.4. The number of aldehydes is 1. The van der Waals surface area contributed by atoms with Crippen LogP contribution in [-0.4, -0.2) is 63.8 Å². The van der Waals surface area contributed by atoms with Gasteiger partial charge in [-0.3, -0.25) is 24.3 Å². The number of benzene rings is 2. The van der Waals surface area contributed by atoms with Crippen LogP contribution >= 0.6 is 23.2 Å². The largest absolute Gasteiger partial charge is 0.496 e. The Balaban J connectivity index is 1.23. The van der Waals surface area contributed by atoms with Crippen molar-refractivity contribution in [2.45, 2.75) is 31.8 Å². The number of amides is 2. The topological polar surface area (TPSA) is 118 Å². The maximum absolute atomic E-state index is 13.5. The lowest BCUT2D eigenvalue weighted by Gasteiger charge is -2.28. The maximum atomic E-state index is 13.5. The summed E-state index contributed by atoms with van der Waals surface area (Å²) < 4.78 is 7.19. The number of nitrogens with one attached hydrogen (secondary N) is 2. The van der Waals surface area contributed by atoms with Gasteiger partial charge < -0.3 is 19.9 Å². The molecule has 2 aromatic heterocycles. The van der Waals surface area contributed by atoms with E-state index in [1.807, 2.05) is 17.7 Å². The fourth-order valence-corrected chi connectivity index (χ4v) is 6.49. The van der Waals surface area contributed by atoms with Gasteiger partial charge in [-0.05, 0) is 30.7 Å². The highest BCUT2D eigenvalue weighted by Crippen LogP contribution is 2.41. The van der Waals surface area contributed by atoms with Gasteiger partial charge in [-0.15, -0.1) is 0 Å². The van der Waals surface area contributed by atoms with Gasteiger partial charge in [0, 0.05) is 74.1 Å². The molecule has 0 radical (unpaired) electrons. The number of anilines is 1. The van der Waals surface area contributed by atoms with Crippen LogP contribution in [0.4, 0.5) is 5.69 Å². The second kappa shape index (κ2) is 12.4. The Morgan fingerprint density at radius 2 is 1.98 bits per heavy atom. The third kappa shape index (κ3) is 5.68. The molecular weight excluding hydrogens is 603 g/mol. The molecule has 2 aliphatic heterocycles. The molecule has 4 aromatic rings. The highest BCUT2D eigenvalue weighted by Gasteiger charge is 2.29. The van der Waals surface area contributed by atoms with Crippen molar-refractivity contribution in [2.75, 3.05) is 25.5 Å². The number of rotatable bonds is 8. The predicted octanol–water partition coefficient (Wildman–Crippen LogP) is 5.17. The molecule has 1 atom stereocenters. The van der Waals surface area contributed by atoms with Crippen molar-refractivity contribution in [1.29, 1.82) is 0 Å². The molecule has 1 fully saturated rings. The fraction of sp³-hybridized carbons (Fsp3) is 0.281. The summed E-state index contributed by atoms with van der Waals surface area (Å²) in [6.45, 7) is 2.21. The summed E-state index contributed by atoms with van der Waals surface area (Å²) in [5.41, 5.74) is 5.13. The van der Waals surface area contributed by atoms with E-state index in [2.05, 4.69) is 20.5 Å². The molecule has 0 spiro atoms. The molecule has 10 nitrogen and oxygen atoms in total. The van der Waals surface area contributed by atoms with Crippen molar-refractivity contribution >= 4 is 47.0 Å². The number of carbonyl (C=O) groups excluding carboxylic acids is 3. The first-order valence-electron chi connectivity index (χ1n) is 14.2. The fourth-order valence-electron chi connectivity index (χ4n) is 5.89. The van der Waals surface area contributed by atoms with E-state index in [9.17, 15) is 14.4 Å². The van der Waals surface area contributed by atoms with Gasteiger partial charge in [0.2, 0.25) is 5.91 Å². The van der Waals surface area contributed by atoms with E-state index in [0.29, 0.717) is 68.2 Å². The van der Waals surface area contributed by atoms with E-state index in [1.165, 1.54) is 7.11 Å². The van der Waals surface area contributed by atoms with Crippen LogP contribution in [0.3, 0.4) is 0 Å². The van der Waals surface area contributed by atoms with Crippen molar-refractivity contribution in [3.63, 3.8) is 0 Å². The number of ether oxygens (including phenoxy) is 1. The number of hydrogen-bond acceptors (Lipinski definition) is 7. The summed E-state index contributed by atoms with van der Waals surface area (Å²) in [6, 6.07) is 12.4. The van der Waals surface area contributed by atoms with Crippen molar-refractivity contribution in [1.82, 2.24) is 24.8 Å². The summed E-state index contributed by atoms with van der Waals surface area (Å²) in [5, 5.41) is 6.63. The lowest BCUT2D eigenvalue weighted by Crippen LogP contribution is -2.41. The molecule has 0 bridgehead atoms. The summed E-state index contributed by atoms with van der Waals surface area (Å²) in [5.74, 6) is 0.434. The average Bonchev–Trinajstić information content (AvgIpc) is 3.59. The Morgan fingerprint density at radius 1 is 1.16 bits per heavy atom. The van der Waals surface area contributed by atoms with Crippen LogP contribution in [0, 0.1) is 0 Å². The lowest BCUT2D eigenvalue weighted by molar-refractivity contribution is -0.119.